The number of hydrogen-bond donors (Lipinski definition) is 1. The maximum absolute atomic E-state index is 13.4. The fourth-order valence-corrected chi connectivity index (χ4v) is 2.00. The minimum atomic E-state index is -0.897. The highest BCUT2D eigenvalue weighted by Gasteiger charge is 2.42. The Kier molecular flexibility index (Phi) is 2.52. The lowest BCUT2D eigenvalue weighted by atomic mass is 9.72. The number of nitrogens with two attached hydrogens (primary N) is 1. The quantitative estimate of drug-likeness (QED) is 0.789. The van der Waals surface area contributed by atoms with E-state index in [0.717, 1.165) is 6.42 Å². The molecule has 0 aromatic heterocycles. The Morgan fingerprint density at radius 1 is 1.47 bits per heavy atom. The minimum Gasteiger partial charge on any atom is -0.319 e. The van der Waals surface area contributed by atoms with E-state index in [4.69, 9.17) is 17.3 Å². The lowest BCUT2D eigenvalue weighted by molar-refractivity contribution is 0.0796. The first-order chi connectivity index (χ1) is 7.04. The van der Waals surface area contributed by atoms with Crippen LogP contribution >= 0.6 is 11.6 Å². The van der Waals surface area contributed by atoms with Crippen LogP contribution in [-0.2, 0) is 0 Å². The van der Waals surface area contributed by atoms with Gasteiger partial charge in [-0.2, -0.15) is 0 Å². The maximum atomic E-state index is 13.4. The fourth-order valence-electron chi connectivity index (χ4n) is 1.75. The third-order valence-electron chi connectivity index (χ3n) is 2.89. The first-order valence-corrected chi connectivity index (χ1v) is 5.20. The van der Waals surface area contributed by atoms with Gasteiger partial charge in [0, 0.05) is 0 Å². The third kappa shape index (κ3) is 1.66. The van der Waals surface area contributed by atoms with Crippen molar-refractivity contribution in [1.82, 2.24) is 0 Å². The number of rotatable bonds is 2. The summed E-state index contributed by atoms with van der Waals surface area (Å²) in [5, 5.41) is 0.136. The summed E-state index contributed by atoms with van der Waals surface area (Å²) in [6, 6.07) is 4.19. The predicted octanol–water partition coefficient (Wildman–Crippen LogP) is 2.54. The van der Waals surface area contributed by atoms with Crippen molar-refractivity contribution in [3.05, 3.63) is 34.6 Å². The van der Waals surface area contributed by atoms with Crippen LogP contribution in [0.2, 0.25) is 5.02 Å². The normalized spacial score (nSPS) is 18.3. The molecule has 2 rings (SSSR count). The largest absolute Gasteiger partial charge is 0.319 e. The number of carbonyl (C=O) groups is 1. The van der Waals surface area contributed by atoms with Gasteiger partial charge in [-0.1, -0.05) is 17.7 Å². The summed E-state index contributed by atoms with van der Waals surface area (Å²) in [6.07, 6.45) is 2.13. The molecule has 1 aliphatic rings. The molecule has 1 aromatic rings. The van der Waals surface area contributed by atoms with Gasteiger partial charge in [0.1, 0.15) is 5.82 Å². The number of ketones is 1. The second-order valence-corrected chi connectivity index (χ2v) is 4.34. The molecule has 1 aromatic carbocycles. The molecular weight excluding hydrogens is 217 g/mol. The van der Waals surface area contributed by atoms with E-state index >= 15 is 0 Å². The zero-order valence-electron chi connectivity index (χ0n) is 8.09. The van der Waals surface area contributed by atoms with Crippen LogP contribution in [0.25, 0.3) is 0 Å². The number of Topliss-reactive ketones (excluding diaryl/α,β-unsaturated/α-hetero) is 1. The van der Waals surface area contributed by atoms with Crippen molar-refractivity contribution < 1.29 is 9.18 Å². The van der Waals surface area contributed by atoms with Gasteiger partial charge in [0.25, 0.3) is 0 Å². The first-order valence-electron chi connectivity index (χ1n) is 4.82. The molecule has 0 radical (unpaired) electrons. The zero-order chi connectivity index (χ0) is 11.1. The van der Waals surface area contributed by atoms with Crippen LogP contribution in [0.1, 0.15) is 29.6 Å². The molecule has 0 bridgehead atoms. The van der Waals surface area contributed by atoms with Crippen molar-refractivity contribution in [3.63, 3.8) is 0 Å². The van der Waals surface area contributed by atoms with Crippen LogP contribution in [0.4, 0.5) is 4.39 Å². The average molecular weight is 228 g/mol. The SMILES string of the molecule is NC1(C(=O)c2c(F)cccc2Cl)CCC1. The van der Waals surface area contributed by atoms with Crippen LogP contribution in [0, 0.1) is 5.82 Å². The van der Waals surface area contributed by atoms with Crippen molar-refractivity contribution in [2.75, 3.05) is 0 Å². The molecule has 1 aliphatic carbocycles. The fraction of sp³-hybridized carbons (Fsp3) is 0.364. The van der Waals surface area contributed by atoms with E-state index in [1.807, 2.05) is 0 Å². The number of carbonyl (C=O) groups excluding carboxylic acids is 1. The predicted molar refractivity (Wildman–Crippen MR) is 56.5 cm³/mol. The van der Waals surface area contributed by atoms with Gasteiger partial charge in [-0.3, -0.25) is 4.79 Å². The Hall–Kier alpha value is -0.930. The van der Waals surface area contributed by atoms with Crippen molar-refractivity contribution in [2.45, 2.75) is 24.8 Å². The van der Waals surface area contributed by atoms with E-state index in [1.54, 1.807) is 0 Å². The van der Waals surface area contributed by atoms with Crippen molar-refractivity contribution >= 4 is 17.4 Å². The van der Waals surface area contributed by atoms with Crippen molar-refractivity contribution in [1.29, 1.82) is 0 Å². The molecule has 0 amide bonds. The monoisotopic (exact) mass is 227 g/mol. The number of halogens is 2. The third-order valence-corrected chi connectivity index (χ3v) is 3.20. The Bertz CT molecular complexity index is 395. The van der Waals surface area contributed by atoms with E-state index in [2.05, 4.69) is 0 Å². The molecule has 0 aliphatic heterocycles. The molecule has 1 fully saturated rings. The molecule has 80 valence electrons. The topological polar surface area (TPSA) is 43.1 Å². The highest BCUT2D eigenvalue weighted by molar-refractivity contribution is 6.34. The van der Waals surface area contributed by atoms with Crippen LogP contribution in [0.3, 0.4) is 0 Å². The standard InChI is InChI=1S/C11H11ClFNO/c12-7-3-1-4-8(13)9(7)10(15)11(14)5-2-6-11/h1,3-4H,2,5-6,14H2. The molecule has 0 heterocycles. The molecule has 0 unspecified atom stereocenters. The summed E-state index contributed by atoms with van der Waals surface area (Å²) < 4.78 is 13.4. The van der Waals surface area contributed by atoms with Gasteiger partial charge in [0.2, 0.25) is 0 Å². The zero-order valence-corrected chi connectivity index (χ0v) is 8.85. The molecule has 1 saturated carbocycles. The second kappa shape index (κ2) is 3.58. The Labute approximate surface area is 92.2 Å². The second-order valence-electron chi connectivity index (χ2n) is 3.94. The molecule has 4 heteroatoms. The minimum absolute atomic E-state index is 0.0682. The van der Waals surface area contributed by atoms with Crippen molar-refractivity contribution in [3.8, 4) is 0 Å². The molecule has 0 atom stereocenters. The molecule has 2 nitrogen and oxygen atoms in total. The summed E-state index contributed by atoms with van der Waals surface area (Å²) in [5.74, 6) is -0.971. The highest BCUT2D eigenvalue weighted by Crippen LogP contribution is 2.34. The van der Waals surface area contributed by atoms with Crippen LogP contribution in [0.5, 0.6) is 0 Å². The van der Waals surface area contributed by atoms with E-state index in [0.29, 0.717) is 12.8 Å². The van der Waals surface area contributed by atoms with Gasteiger partial charge in [-0.15, -0.1) is 0 Å². The lowest BCUT2D eigenvalue weighted by Crippen LogP contribution is -2.53. The number of benzene rings is 1. The summed E-state index contributed by atoms with van der Waals surface area (Å²) in [6.45, 7) is 0. The van der Waals surface area contributed by atoms with E-state index in [9.17, 15) is 9.18 Å². The summed E-state index contributed by atoms with van der Waals surface area (Å²) in [5.41, 5.74) is 4.88. The summed E-state index contributed by atoms with van der Waals surface area (Å²) in [7, 11) is 0. The molecular formula is C11H11ClFNO. The molecule has 0 spiro atoms. The molecule has 0 saturated heterocycles. The van der Waals surface area contributed by atoms with Gasteiger partial charge >= 0.3 is 0 Å². The van der Waals surface area contributed by atoms with E-state index in [-0.39, 0.29) is 16.4 Å². The van der Waals surface area contributed by atoms with Gasteiger partial charge < -0.3 is 5.73 Å². The Morgan fingerprint density at radius 2 is 2.13 bits per heavy atom. The molecule has 15 heavy (non-hydrogen) atoms. The average Bonchev–Trinajstić information content (AvgIpc) is 2.13. The maximum Gasteiger partial charge on any atom is 0.187 e. The number of hydrogen-bond acceptors (Lipinski definition) is 2. The highest BCUT2D eigenvalue weighted by atomic mass is 35.5. The van der Waals surface area contributed by atoms with Crippen LogP contribution in [-0.4, -0.2) is 11.3 Å². The Morgan fingerprint density at radius 3 is 2.60 bits per heavy atom. The van der Waals surface area contributed by atoms with Gasteiger partial charge in [0.05, 0.1) is 16.1 Å². The van der Waals surface area contributed by atoms with E-state index in [1.165, 1.54) is 18.2 Å². The smallest absolute Gasteiger partial charge is 0.187 e. The molecule has 2 N–H and O–H groups in total. The van der Waals surface area contributed by atoms with E-state index < -0.39 is 11.4 Å². The summed E-state index contributed by atoms with van der Waals surface area (Å²) >= 11 is 5.80. The Balaban J connectivity index is 2.41. The lowest BCUT2D eigenvalue weighted by Gasteiger charge is -2.36. The van der Waals surface area contributed by atoms with Gasteiger partial charge in [-0.25, -0.2) is 4.39 Å². The summed E-state index contributed by atoms with van der Waals surface area (Å²) in [4.78, 5) is 11.9. The van der Waals surface area contributed by atoms with Crippen molar-refractivity contribution in [2.24, 2.45) is 5.73 Å². The van der Waals surface area contributed by atoms with Crippen LogP contribution in [0.15, 0.2) is 18.2 Å². The van der Waals surface area contributed by atoms with Gasteiger partial charge in [-0.05, 0) is 31.4 Å². The van der Waals surface area contributed by atoms with Gasteiger partial charge in [0.15, 0.2) is 5.78 Å². The van der Waals surface area contributed by atoms with Crippen LogP contribution < -0.4 is 5.73 Å². The first kappa shape index (κ1) is 10.6.